The van der Waals surface area contributed by atoms with Gasteiger partial charge in [0.25, 0.3) is 10.1 Å². The molecule has 2 aromatic carbocycles. The minimum absolute atomic E-state index is 0. The molecule has 0 amide bonds. The Kier molecular flexibility index (Phi) is 13.4. The number of hydrogen-bond donors (Lipinski definition) is 1. The number of hydrogen-bond acceptors (Lipinski definition) is 6. The van der Waals surface area contributed by atoms with E-state index in [0.29, 0.717) is 17.8 Å². The number of aliphatic imine (C=N–C) groups is 1. The molecule has 9 heteroatoms. The standard InChI is InChI=1S/C17H18NO3.CH4O3S.CH3.Ir/c1-12(18-14-6-8-15(19-2)9-7-14)13-5-10-16(20-3)17(11-13)21-4;1-5(2,3)4;;/h6-11H,1-4H3;1H3,(H,2,3,4);1H3;/q-1;;-1;. The van der Waals surface area contributed by atoms with Crippen LogP contribution in [-0.2, 0) is 30.2 Å². The molecule has 0 aliphatic rings. The van der Waals surface area contributed by atoms with Crippen LogP contribution in [0.15, 0.2) is 41.4 Å². The molecule has 0 spiro atoms. The number of benzene rings is 2. The van der Waals surface area contributed by atoms with Gasteiger partial charge in [0.1, 0.15) is 5.75 Å². The van der Waals surface area contributed by atoms with E-state index in [4.69, 9.17) is 18.8 Å². The first kappa shape index (κ1) is 28.3. The Balaban J connectivity index is 0. The van der Waals surface area contributed by atoms with E-state index in [1.165, 1.54) is 0 Å². The fourth-order valence-corrected chi connectivity index (χ4v) is 1.90. The summed E-state index contributed by atoms with van der Waals surface area (Å²) in [5.74, 6) is 2.12. The van der Waals surface area contributed by atoms with E-state index in [0.717, 1.165) is 22.7 Å². The number of ether oxygens (including phenoxy) is 3. The third kappa shape index (κ3) is 10.4. The van der Waals surface area contributed by atoms with Crippen LogP contribution >= 0.6 is 0 Å². The first-order chi connectivity index (χ1) is 12.2. The summed E-state index contributed by atoms with van der Waals surface area (Å²) in [5, 5.41) is 0. The van der Waals surface area contributed by atoms with Crippen molar-refractivity contribution in [2.75, 3.05) is 27.6 Å². The van der Waals surface area contributed by atoms with Gasteiger partial charge >= 0.3 is 0 Å². The molecule has 0 bridgehead atoms. The van der Waals surface area contributed by atoms with Crippen molar-refractivity contribution in [1.29, 1.82) is 0 Å². The van der Waals surface area contributed by atoms with Crippen molar-refractivity contribution < 1.29 is 47.3 Å². The third-order valence-corrected chi connectivity index (χ3v) is 3.08. The summed E-state index contributed by atoms with van der Waals surface area (Å²) >= 11 is 0. The van der Waals surface area contributed by atoms with Crippen LogP contribution in [0.25, 0.3) is 0 Å². The monoisotopic (exact) mass is 588 g/mol. The molecular weight excluding hydrogens is 562 g/mol. The van der Waals surface area contributed by atoms with Gasteiger partial charge in [0.2, 0.25) is 0 Å². The van der Waals surface area contributed by atoms with Gasteiger partial charge in [0.05, 0.1) is 44.8 Å². The summed E-state index contributed by atoms with van der Waals surface area (Å²) in [6.45, 7) is 1.93. The van der Waals surface area contributed by atoms with Crippen LogP contribution in [0.2, 0.25) is 0 Å². The van der Waals surface area contributed by atoms with Gasteiger partial charge in [-0.2, -0.15) is 8.42 Å². The van der Waals surface area contributed by atoms with Crippen molar-refractivity contribution in [2.45, 2.75) is 6.92 Å². The zero-order valence-corrected chi connectivity index (χ0v) is 19.9. The molecule has 7 nitrogen and oxygen atoms in total. The topological polar surface area (TPSA) is 94.4 Å². The van der Waals surface area contributed by atoms with E-state index in [1.807, 2.05) is 37.3 Å². The summed E-state index contributed by atoms with van der Waals surface area (Å²) in [7, 11) is 1.18. The first-order valence-corrected chi connectivity index (χ1v) is 9.28. The summed E-state index contributed by atoms with van der Waals surface area (Å²) < 4.78 is 41.5. The van der Waals surface area contributed by atoms with Crippen LogP contribution in [0.4, 0.5) is 5.69 Å². The maximum Gasteiger partial charge on any atom is 0.261 e. The van der Waals surface area contributed by atoms with Gasteiger partial charge in [-0.15, -0.1) is 17.7 Å². The quantitative estimate of drug-likeness (QED) is 0.327. The molecule has 1 radical (unpaired) electrons. The minimum atomic E-state index is -3.67. The van der Waals surface area contributed by atoms with E-state index in [1.54, 1.807) is 27.4 Å². The van der Waals surface area contributed by atoms with Crippen molar-refractivity contribution >= 4 is 21.5 Å². The van der Waals surface area contributed by atoms with Gasteiger partial charge < -0.3 is 26.6 Å². The van der Waals surface area contributed by atoms with Crippen molar-refractivity contribution in [3.63, 3.8) is 0 Å². The van der Waals surface area contributed by atoms with Crippen LogP contribution in [0.5, 0.6) is 17.2 Å². The Bertz CT molecular complexity index is 843. The second-order valence-corrected chi connectivity index (χ2v) is 6.58. The van der Waals surface area contributed by atoms with Crippen molar-refractivity contribution in [3.05, 3.63) is 55.5 Å². The first-order valence-electron chi connectivity index (χ1n) is 7.43. The average Bonchev–Trinajstić information content (AvgIpc) is 2.60. The Morgan fingerprint density at radius 2 is 1.54 bits per heavy atom. The average molecular weight is 588 g/mol. The minimum Gasteiger partial charge on any atom is -0.536 e. The summed E-state index contributed by atoms with van der Waals surface area (Å²) in [4.78, 5) is 4.57. The van der Waals surface area contributed by atoms with Gasteiger partial charge in [-0.05, 0) is 30.0 Å². The zero-order chi connectivity index (χ0) is 19.7. The molecule has 2 rings (SSSR count). The molecule has 0 saturated carbocycles. The molecule has 2 aromatic rings. The normalized spacial score (nSPS) is 10.4. The smallest absolute Gasteiger partial charge is 0.261 e. The zero-order valence-electron chi connectivity index (χ0n) is 16.6. The molecule has 0 atom stereocenters. The Hall–Kier alpha value is -1.93. The SMILES string of the molecule is COc1ccc(N=C(C)c2[c-]cc(OC)c(OC)c2)cc1.CS(=O)(=O)O.[CH3-].[Ir]. The van der Waals surface area contributed by atoms with Crippen LogP contribution in [0.1, 0.15) is 12.5 Å². The van der Waals surface area contributed by atoms with E-state index >= 15 is 0 Å². The van der Waals surface area contributed by atoms with Crippen LogP contribution in [-0.4, -0.2) is 46.3 Å². The van der Waals surface area contributed by atoms with Gasteiger partial charge in [-0.1, -0.05) is 13.0 Å². The third-order valence-electron chi connectivity index (χ3n) is 3.08. The molecule has 0 fully saturated rings. The Morgan fingerprint density at radius 1 is 1.04 bits per heavy atom. The van der Waals surface area contributed by atoms with E-state index in [2.05, 4.69) is 11.1 Å². The predicted octanol–water partition coefficient (Wildman–Crippen LogP) is 3.61. The molecule has 0 heterocycles. The van der Waals surface area contributed by atoms with E-state index < -0.39 is 10.1 Å². The van der Waals surface area contributed by atoms with Gasteiger partial charge in [-0.25, -0.2) is 0 Å². The molecule has 0 aromatic heterocycles. The van der Waals surface area contributed by atoms with Crippen molar-refractivity contribution in [3.8, 4) is 17.2 Å². The van der Waals surface area contributed by atoms with Gasteiger partial charge in [0, 0.05) is 20.1 Å². The van der Waals surface area contributed by atoms with E-state index in [-0.39, 0.29) is 27.5 Å². The van der Waals surface area contributed by atoms with Crippen LogP contribution in [0, 0.1) is 13.5 Å². The van der Waals surface area contributed by atoms with Gasteiger partial charge in [-0.3, -0.25) is 4.55 Å². The predicted molar refractivity (Wildman–Crippen MR) is 107 cm³/mol. The number of nitrogens with zero attached hydrogens (tertiary/aromatic N) is 1. The molecule has 159 valence electrons. The number of rotatable bonds is 5. The second kappa shape index (κ2) is 13.3. The Labute approximate surface area is 180 Å². The summed E-state index contributed by atoms with van der Waals surface area (Å²) in [5.41, 5.74) is 2.57. The molecule has 28 heavy (non-hydrogen) atoms. The maximum atomic E-state index is 9.19. The van der Waals surface area contributed by atoms with Crippen LogP contribution < -0.4 is 14.2 Å². The molecule has 1 N–H and O–H groups in total. The molecule has 0 aliphatic carbocycles. The summed E-state index contributed by atoms with van der Waals surface area (Å²) in [6.07, 6.45) is 0.715. The largest absolute Gasteiger partial charge is 0.536 e. The Morgan fingerprint density at radius 3 is 1.96 bits per heavy atom. The number of methoxy groups -OCH3 is 3. The van der Waals surface area contributed by atoms with Gasteiger partial charge in [0.15, 0.2) is 0 Å². The second-order valence-electron chi connectivity index (χ2n) is 5.11. The molecule has 0 aliphatic heterocycles. The fraction of sp³-hybridized carbons (Fsp3) is 0.263. The molecular formula is C19H25IrNO6S-2. The fourth-order valence-electron chi connectivity index (χ4n) is 1.90. The molecule has 0 unspecified atom stereocenters. The van der Waals surface area contributed by atoms with Crippen LogP contribution in [0.3, 0.4) is 0 Å². The maximum absolute atomic E-state index is 9.19. The van der Waals surface area contributed by atoms with Crippen molar-refractivity contribution in [2.24, 2.45) is 4.99 Å². The summed E-state index contributed by atoms with van der Waals surface area (Å²) in [6, 6.07) is 14.3. The van der Waals surface area contributed by atoms with Crippen molar-refractivity contribution in [1.82, 2.24) is 0 Å². The van der Waals surface area contributed by atoms with E-state index in [9.17, 15) is 8.42 Å². The molecule has 0 saturated heterocycles.